The Kier molecular flexibility index (Phi) is 8.05. The van der Waals surface area contributed by atoms with Crippen LogP contribution in [0.25, 0.3) is 5.82 Å². The van der Waals surface area contributed by atoms with Crippen molar-refractivity contribution in [2.45, 2.75) is 26.4 Å². The molecule has 6 nitrogen and oxygen atoms in total. The zero-order valence-electron chi connectivity index (χ0n) is 14.8. The minimum atomic E-state index is 0. The van der Waals surface area contributed by atoms with Crippen LogP contribution in [0.4, 0.5) is 0 Å². The van der Waals surface area contributed by atoms with Gasteiger partial charge in [-0.3, -0.25) is 4.99 Å². The normalized spacial score (nSPS) is 11.1. The SMILES string of the molecule is CCc1ccc(CNC(=NC)NCc2ccnc(-n3cccn3)c2)s1.I. The van der Waals surface area contributed by atoms with Gasteiger partial charge in [-0.05, 0) is 42.3 Å². The molecule has 3 aromatic rings. The number of aliphatic imine (C=N–C) groups is 1. The van der Waals surface area contributed by atoms with Crippen LogP contribution in [0.5, 0.6) is 0 Å². The molecule has 0 aliphatic heterocycles. The molecular weight excluding hydrogens is 459 g/mol. The molecule has 0 aliphatic rings. The average Bonchev–Trinajstić information content (AvgIpc) is 3.34. The number of nitrogens with zero attached hydrogens (tertiary/aromatic N) is 4. The number of halogens is 1. The molecule has 3 rings (SSSR count). The molecule has 0 amide bonds. The molecule has 0 bridgehead atoms. The van der Waals surface area contributed by atoms with Crippen molar-refractivity contribution in [1.82, 2.24) is 25.4 Å². The minimum absolute atomic E-state index is 0. The lowest BCUT2D eigenvalue weighted by atomic mass is 10.2. The van der Waals surface area contributed by atoms with E-state index in [0.717, 1.165) is 30.3 Å². The summed E-state index contributed by atoms with van der Waals surface area (Å²) in [5.74, 6) is 1.59. The van der Waals surface area contributed by atoms with Crippen LogP contribution in [0, 0.1) is 0 Å². The molecule has 0 atom stereocenters. The number of aromatic nitrogens is 3. The highest BCUT2D eigenvalue weighted by atomic mass is 127. The number of hydrogen-bond donors (Lipinski definition) is 2. The first kappa shape index (κ1) is 20.4. The highest BCUT2D eigenvalue weighted by Crippen LogP contribution is 2.16. The maximum absolute atomic E-state index is 4.34. The molecule has 0 aliphatic carbocycles. The van der Waals surface area contributed by atoms with E-state index in [9.17, 15) is 0 Å². The first-order chi connectivity index (χ1) is 12.3. The molecule has 26 heavy (non-hydrogen) atoms. The molecule has 138 valence electrons. The maximum Gasteiger partial charge on any atom is 0.191 e. The molecule has 0 saturated carbocycles. The highest BCUT2D eigenvalue weighted by molar-refractivity contribution is 14.0. The molecule has 0 saturated heterocycles. The Morgan fingerprint density at radius 1 is 1.15 bits per heavy atom. The van der Waals surface area contributed by atoms with Crippen LogP contribution in [-0.2, 0) is 19.5 Å². The predicted octanol–water partition coefficient (Wildman–Crippen LogP) is 3.37. The topological polar surface area (TPSA) is 67.1 Å². The summed E-state index contributed by atoms with van der Waals surface area (Å²) in [6.07, 6.45) is 6.50. The molecule has 0 spiro atoms. The van der Waals surface area contributed by atoms with E-state index in [0.29, 0.717) is 6.54 Å². The zero-order chi connectivity index (χ0) is 17.5. The summed E-state index contributed by atoms with van der Waals surface area (Å²) in [6, 6.07) is 10.2. The second kappa shape index (κ2) is 10.3. The third kappa shape index (κ3) is 5.53. The number of aryl methyl sites for hydroxylation is 1. The molecule has 8 heteroatoms. The van der Waals surface area contributed by atoms with Crippen LogP contribution in [0.2, 0.25) is 0 Å². The summed E-state index contributed by atoms with van der Waals surface area (Å²) in [5.41, 5.74) is 1.12. The minimum Gasteiger partial charge on any atom is -0.352 e. The number of rotatable bonds is 6. The van der Waals surface area contributed by atoms with Crippen molar-refractivity contribution in [2.75, 3.05) is 7.05 Å². The average molecular weight is 482 g/mol. The monoisotopic (exact) mass is 482 g/mol. The fourth-order valence-electron chi connectivity index (χ4n) is 2.38. The van der Waals surface area contributed by atoms with Crippen molar-refractivity contribution < 1.29 is 0 Å². The van der Waals surface area contributed by atoms with E-state index in [1.165, 1.54) is 9.75 Å². The van der Waals surface area contributed by atoms with E-state index < -0.39 is 0 Å². The van der Waals surface area contributed by atoms with Gasteiger partial charge in [0.05, 0.1) is 6.54 Å². The fourth-order valence-corrected chi connectivity index (χ4v) is 3.28. The zero-order valence-corrected chi connectivity index (χ0v) is 18.0. The molecular formula is C18H23IN6S. The van der Waals surface area contributed by atoms with E-state index in [1.54, 1.807) is 24.1 Å². The van der Waals surface area contributed by atoms with Crippen LogP contribution < -0.4 is 10.6 Å². The first-order valence-corrected chi connectivity index (χ1v) is 9.07. The van der Waals surface area contributed by atoms with Gasteiger partial charge in [0.25, 0.3) is 0 Å². The van der Waals surface area contributed by atoms with Crippen molar-refractivity contribution >= 4 is 41.3 Å². The molecule has 0 unspecified atom stereocenters. The van der Waals surface area contributed by atoms with Gasteiger partial charge in [0, 0.05) is 41.9 Å². The Morgan fingerprint density at radius 2 is 1.96 bits per heavy atom. The van der Waals surface area contributed by atoms with Gasteiger partial charge in [0.2, 0.25) is 0 Å². The maximum atomic E-state index is 4.34. The highest BCUT2D eigenvalue weighted by Gasteiger charge is 2.03. The Bertz CT molecular complexity index is 828. The lowest BCUT2D eigenvalue weighted by Crippen LogP contribution is -2.36. The second-order valence-electron chi connectivity index (χ2n) is 5.47. The van der Waals surface area contributed by atoms with Gasteiger partial charge in [-0.15, -0.1) is 35.3 Å². The van der Waals surface area contributed by atoms with E-state index in [4.69, 9.17) is 0 Å². The van der Waals surface area contributed by atoms with Crippen LogP contribution in [-0.4, -0.2) is 27.8 Å². The quantitative estimate of drug-likeness (QED) is 0.321. The van der Waals surface area contributed by atoms with Crippen LogP contribution in [0.15, 0.2) is 53.9 Å². The van der Waals surface area contributed by atoms with Crippen molar-refractivity contribution in [2.24, 2.45) is 4.99 Å². The van der Waals surface area contributed by atoms with Crippen LogP contribution in [0.1, 0.15) is 22.2 Å². The number of hydrogen-bond acceptors (Lipinski definition) is 4. The van der Waals surface area contributed by atoms with Gasteiger partial charge >= 0.3 is 0 Å². The molecule has 3 aromatic heterocycles. The van der Waals surface area contributed by atoms with E-state index in [2.05, 4.69) is 44.8 Å². The largest absolute Gasteiger partial charge is 0.352 e. The lowest BCUT2D eigenvalue weighted by molar-refractivity contribution is 0.805. The number of guanidine groups is 1. The van der Waals surface area contributed by atoms with Gasteiger partial charge in [-0.2, -0.15) is 5.10 Å². The Labute approximate surface area is 174 Å². The van der Waals surface area contributed by atoms with Crippen molar-refractivity contribution in [1.29, 1.82) is 0 Å². The predicted molar refractivity (Wildman–Crippen MR) is 118 cm³/mol. The number of pyridine rings is 1. The standard InChI is InChI=1S/C18H22N6S.HI/c1-3-15-5-6-16(25-15)13-22-18(19-2)21-12-14-7-9-20-17(11-14)24-10-4-8-23-24;/h4-11H,3,12-13H2,1-2H3,(H2,19,21,22);1H. The Hall–Kier alpha value is -1.94. The summed E-state index contributed by atoms with van der Waals surface area (Å²) >= 11 is 1.84. The van der Waals surface area contributed by atoms with Crippen molar-refractivity contribution in [3.05, 3.63) is 64.2 Å². The number of thiophene rings is 1. The summed E-state index contributed by atoms with van der Waals surface area (Å²) in [4.78, 5) is 11.3. The lowest BCUT2D eigenvalue weighted by Gasteiger charge is -2.11. The van der Waals surface area contributed by atoms with E-state index >= 15 is 0 Å². The van der Waals surface area contributed by atoms with Crippen LogP contribution in [0.3, 0.4) is 0 Å². The smallest absolute Gasteiger partial charge is 0.191 e. The van der Waals surface area contributed by atoms with Crippen LogP contribution >= 0.6 is 35.3 Å². The third-order valence-electron chi connectivity index (χ3n) is 3.73. The van der Waals surface area contributed by atoms with Gasteiger partial charge in [0.1, 0.15) is 0 Å². The first-order valence-electron chi connectivity index (χ1n) is 8.25. The van der Waals surface area contributed by atoms with E-state index in [-0.39, 0.29) is 24.0 Å². The fraction of sp³-hybridized carbons (Fsp3) is 0.278. The Balaban J connectivity index is 0.00000243. The van der Waals surface area contributed by atoms with Gasteiger partial charge < -0.3 is 10.6 Å². The summed E-state index contributed by atoms with van der Waals surface area (Å²) in [6.45, 7) is 3.62. The molecule has 2 N–H and O–H groups in total. The summed E-state index contributed by atoms with van der Waals surface area (Å²) in [5, 5.41) is 10.9. The van der Waals surface area contributed by atoms with E-state index in [1.807, 2.05) is 35.7 Å². The van der Waals surface area contributed by atoms with Crippen molar-refractivity contribution in [3.8, 4) is 5.82 Å². The molecule has 0 radical (unpaired) electrons. The number of nitrogens with one attached hydrogen (secondary N) is 2. The molecule has 0 aromatic carbocycles. The van der Waals surface area contributed by atoms with Gasteiger partial charge in [-0.1, -0.05) is 6.92 Å². The molecule has 0 fully saturated rings. The second-order valence-corrected chi connectivity index (χ2v) is 6.73. The summed E-state index contributed by atoms with van der Waals surface area (Å²) < 4.78 is 1.75. The van der Waals surface area contributed by atoms with Crippen molar-refractivity contribution in [3.63, 3.8) is 0 Å². The Morgan fingerprint density at radius 3 is 2.65 bits per heavy atom. The molecule has 3 heterocycles. The van der Waals surface area contributed by atoms with Gasteiger partial charge in [-0.25, -0.2) is 9.67 Å². The summed E-state index contributed by atoms with van der Waals surface area (Å²) in [7, 11) is 1.78. The third-order valence-corrected chi connectivity index (χ3v) is 4.96. The van der Waals surface area contributed by atoms with Gasteiger partial charge in [0.15, 0.2) is 11.8 Å².